The number of aromatic amines is 1. The van der Waals surface area contributed by atoms with E-state index < -0.39 is 0 Å². The van der Waals surface area contributed by atoms with Gasteiger partial charge in [-0.15, -0.1) is 0 Å². The van der Waals surface area contributed by atoms with Crippen LogP contribution in [0.5, 0.6) is 0 Å². The molecule has 0 radical (unpaired) electrons. The van der Waals surface area contributed by atoms with Crippen molar-refractivity contribution >= 4 is 5.91 Å². The lowest BCUT2D eigenvalue weighted by Crippen LogP contribution is -2.41. The number of amides is 1. The van der Waals surface area contributed by atoms with E-state index in [1.165, 1.54) is 11.3 Å². The minimum Gasteiger partial charge on any atom is -0.340 e. The summed E-state index contributed by atoms with van der Waals surface area (Å²) >= 11 is 0. The van der Waals surface area contributed by atoms with Gasteiger partial charge in [0.25, 0.3) is 0 Å². The van der Waals surface area contributed by atoms with Crippen LogP contribution >= 0.6 is 0 Å². The summed E-state index contributed by atoms with van der Waals surface area (Å²) in [6, 6.07) is 12.2. The Morgan fingerprint density at radius 2 is 2.00 bits per heavy atom. The Morgan fingerprint density at radius 3 is 2.65 bits per heavy atom. The van der Waals surface area contributed by atoms with E-state index in [1.54, 1.807) is 0 Å². The number of benzene rings is 1. The Bertz CT molecular complexity index is 603. The van der Waals surface area contributed by atoms with Crippen molar-refractivity contribution in [3.05, 3.63) is 53.9 Å². The zero-order chi connectivity index (χ0) is 16.1. The third-order valence-corrected chi connectivity index (χ3v) is 4.60. The maximum atomic E-state index is 12.4. The monoisotopic (exact) mass is 312 g/mol. The van der Waals surface area contributed by atoms with Crippen LogP contribution in [0.3, 0.4) is 0 Å². The number of piperidine rings is 1. The van der Waals surface area contributed by atoms with Gasteiger partial charge < -0.3 is 4.90 Å². The maximum absolute atomic E-state index is 12.4. The van der Waals surface area contributed by atoms with Crippen molar-refractivity contribution in [1.82, 2.24) is 20.0 Å². The molecule has 23 heavy (non-hydrogen) atoms. The van der Waals surface area contributed by atoms with Crippen LogP contribution in [0.15, 0.2) is 42.6 Å². The fraction of sp³-hybridized carbons (Fsp3) is 0.444. The quantitative estimate of drug-likeness (QED) is 0.921. The number of H-pyrrole nitrogens is 1. The number of carbonyl (C=O) groups excluding carboxylic acids is 1. The number of likely N-dealkylation sites (N-methyl/N-ethyl adjacent to an activating group) is 1. The molecular weight excluding hydrogens is 288 g/mol. The molecule has 5 heteroatoms. The highest BCUT2D eigenvalue weighted by molar-refractivity contribution is 5.78. The zero-order valence-corrected chi connectivity index (χ0v) is 13.6. The van der Waals surface area contributed by atoms with Crippen LogP contribution < -0.4 is 0 Å². The molecule has 1 fully saturated rings. The third-order valence-electron chi connectivity index (χ3n) is 4.60. The summed E-state index contributed by atoms with van der Waals surface area (Å²) in [7, 11) is 1.88. The minimum atomic E-state index is 0.189. The lowest BCUT2D eigenvalue weighted by atomic mass is 9.94. The van der Waals surface area contributed by atoms with E-state index in [4.69, 9.17) is 0 Å². The van der Waals surface area contributed by atoms with Crippen molar-refractivity contribution in [2.45, 2.75) is 25.3 Å². The largest absolute Gasteiger partial charge is 0.340 e. The highest BCUT2D eigenvalue weighted by atomic mass is 16.2. The molecule has 0 bridgehead atoms. The highest BCUT2D eigenvalue weighted by Crippen LogP contribution is 2.26. The van der Waals surface area contributed by atoms with Gasteiger partial charge in [-0.1, -0.05) is 30.3 Å². The number of nitrogens with one attached hydrogen (secondary N) is 1. The molecule has 1 aromatic heterocycles. The number of aromatic nitrogens is 2. The first-order valence-electron chi connectivity index (χ1n) is 8.22. The lowest BCUT2D eigenvalue weighted by Gasteiger charge is -2.32. The van der Waals surface area contributed by atoms with Gasteiger partial charge in [0.05, 0.1) is 6.54 Å². The van der Waals surface area contributed by atoms with Crippen LogP contribution in [0.1, 0.15) is 30.0 Å². The van der Waals surface area contributed by atoms with Gasteiger partial charge in [0.2, 0.25) is 5.91 Å². The number of nitrogens with zero attached hydrogens (tertiary/aromatic N) is 3. The van der Waals surface area contributed by atoms with E-state index in [1.807, 2.05) is 36.3 Å². The van der Waals surface area contributed by atoms with E-state index >= 15 is 0 Å². The highest BCUT2D eigenvalue weighted by Gasteiger charge is 2.23. The molecule has 1 aromatic carbocycles. The first-order chi connectivity index (χ1) is 11.2. The molecule has 0 spiro atoms. The molecule has 0 aliphatic carbocycles. The first-order valence-corrected chi connectivity index (χ1v) is 8.22. The zero-order valence-electron chi connectivity index (χ0n) is 13.6. The fourth-order valence-corrected chi connectivity index (χ4v) is 3.15. The lowest BCUT2D eigenvalue weighted by molar-refractivity contribution is -0.131. The van der Waals surface area contributed by atoms with E-state index in [2.05, 4.69) is 33.3 Å². The molecule has 0 saturated carbocycles. The van der Waals surface area contributed by atoms with Gasteiger partial charge in [-0.3, -0.25) is 14.8 Å². The summed E-state index contributed by atoms with van der Waals surface area (Å²) in [5.74, 6) is 0.736. The van der Waals surface area contributed by atoms with Crippen LogP contribution in [0.25, 0.3) is 0 Å². The second-order valence-corrected chi connectivity index (χ2v) is 6.30. The molecule has 122 valence electrons. The topological polar surface area (TPSA) is 52.2 Å². The number of rotatable bonds is 5. The van der Waals surface area contributed by atoms with Gasteiger partial charge in [-0.05, 0) is 37.6 Å². The summed E-state index contributed by atoms with van der Waals surface area (Å²) in [6.45, 7) is 3.12. The number of likely N-dealkylation sites (tertiary alicyclic amines) is 1. The van der Waals surface area contributed by atoms with Crippen molar-refractivity contribution in [1.29, 1.82) is 0 Å². The van der Waals surface area contributed by atoms with Crippen molar-refractivity contribution < 1.29 is 4.79 Å². The van der Waals surface area contributed by atoms with E-state index in [9.17, 15) is 4.79 Å². The molecule has 0 atom stereocenters. The maximum Gasteiger partial charge on any atom is 0.236 e. The van der Waals surface area contributed by atoms with Gasteiger partial charge in [0.15, 0.2) is 0 Å². The standard InChI is InChI=1S/C18H24N4O/c1-21(13-15-5-3-2-4-6-15)18(23)14-22-11-8-16(9-12-22)17-7-10-19-20-17/h2-7,10,16H,8-9,11-14H2,1H3,(H,19,20). The summed E-state index contributed by atoms with van der Waals surface area (Å²) in [6.07, 6.45) is 3.97. The summed E-state index contributed by atoms with van der Waals surface area (Å²) in [5.41, 5.74) is 2.39. The summed E-state index contributed by atoms with van der Waals surface area (Å²) in [4.78, 5) is 16.5. The normalized spacial score (nSPS) is 16.4. The van der Waals surface area contributed by atoms with Crippen molar-refractivity contribution in [3.8, 4) is 0 Å². The van der Waals surface area contributed by atoms with E-state index in [-0.39, 0.29) is 5.91 Å². The molecule has 1 N–H and O–H groups in total. The minimum absolute atomic E-state index is 0.189. The second-order valence-electron chi connectivity index (χ2n) is 6.30. The molecule has 1 aliphatic heterocycles. The summed E-state index contributed by atoms with van der Waals surface area (Å²) in [5, 5.41) is 7.09. The molecule has 2 heterocycles. The van der Waals surface area contributed by atoms with E-state index in [0.717, 1.165) is 25.9 Å². The van der Waals surface area contributed by atoms with Gasteiger partial charge in [0, 0.05) is 31.4 Å². The van der Waals surface area contributed by atoms with Crippen molar-refractivity contribution in [2.24, 2.45) is 0 Å². The van der Waals surface area contributed by atoms with Crippen LogP contribution in [0.2, 0.25) is 0 Å². The van der Waals surface area contributed by atoms with Crippen LogP contribution in [-0.4, -0.2) is 52.6 Å². The predicted octanol–water partition coefficient (Wildman–Crippen LogP) is 2.25. The first kappa shape index (κ1) is 15.7. The summed E-state index contributed by atoms with van der Waals surface area (Å²) < 4.78 is 0. The van der Waals surface area contributed by atoms with Crippen LogP contribution in [0.4, 0.5) is 0 Å². The van der Waals surface area contributed by atoms with Crippen LogP contribution in [-0.2, 0) is 11.3 Å². The smallest absolute Gasteiger partial charge is 0.236 e. The Morgan fingerprint density at radius 1 is 1.26 bits per heavy atom. The Labute approximate surface area is 137 Å². The second kappa shape index (κ2) is 7.42. The van der Waals surface area contributed by atoms with Gasteiger partial charge >= 0.3 is 0 Å². The average molecular weight is 312 g/mol. The van der Waals surface area contributed by atoms with Crippen molar-refractivity contribution in [2.75, 3.05) is 26.7 Å². The average Bonchev–Trinajstić information content (AvgIpc) is 3.11. The molecule has 2 aromatic rings. The Hall–Kier alpha value is -2.14. The molecule has 3 rings (SSSR count). The van der Waals surface area contributed by atoms with Crippen molar-refractivity contribution in [3.63, 3.8) is 0 Å². The molecule has 0 unspecified atom stereocenters. The van der Waals surface area contributed by atoms with Gasteiger partial charge in [-0.25, -0.2) is 0 Å². The van der Waals surface area contributed by atoms with Crippen LogP contribution in [0, 0.1) is 0 Å². The molecule has 5 nitrogen and oxygen atoms in total. The fourth-order valence-electron chi connectivity index (χ4n) is 3.15. The predicted molar refractivity (Wildman–Crippen MR) is 89.9 cm³/mol. The SMILES string of the molecule is CN(Cc1ccccc1)C(=O)CN1CCC(c2ccn[nH]2)CC1. The Balaban J connectivity index is 1.45. The molecule has 1 aliphatic rings. The number of carbonyl (C=O) groups is 1. The molecule has 1 saturated heterocycles. The van der Waals surface area contributed by atoms with Gasteiger partial charge in [-0.2, -0.15) is 5.10 Å². The number of hydrogen-bond acceptors (Lipinski definition) is 3. The number of hydrogen-bond donors (Lipinski definition) is 1. The Kier molecular flexibility index (Phi) is 5.08. The van der Waals surface area contributed by atoms with Gasteiger partial charge in [0.1, 0.15) is 0 Å². The molecule has 1 amide bonds. The molecular formula is C18H24N4O. The third kappa shape index (κ3) is 4.20. The van der Waals surface area contributed by atoms with E-state index in [0.29, 0.717) is 19.0 Å².